The average Bonchev–Trinajstić information content (AvgIpc) is 2.36. The highest BCUT2D eigenvalue weighted by atomic mass is 16.7. The Hall–Kier alpha value is -1.75. The van der Waals surface area contributed by atoms with Crippen molar-refractivity contribution in [3.05, 3.63) is 24.3 Å². The molecule has 0 N–H and O–H groups in total. The van der Waals surface area contributed by atoms with Crippen LogP contribution in [0.4, 0.5) is 0 Å². The molecular weight excluding hydrogens is 222 g/mol. The first-order valence-corrected chi connectivity index (χ1v) is 5.37. The summed E-state index contributed by atoms with van der Waals surface area (Å²) in [7, 11) is 2.97. The van der Waals surface area contributed by atoms with Crippen LogP contribution in [-0.2, 0) is 9.63 Å². The Bertz CT molecular complexity index is 421. The number of nitrogens with zero attached hydrogens (tertiary/aromatic N) is 1. The van der Waals surface area contributed by atoms with Crippen molar-refractivity contribution in [2.45, 2.75) is 19.1 Å². The van der Waals surface area contributed by atoms with Crippen LogP contribution in [0.2, 0.25) is 0 Å². The first-order valence-electron chi connectivity index (χ1n) is 5.37. The summed E-state index contributed by atoms with van der Waals surface area (Å²) in [6.07, 6.45) is -1.04. The summed E-state index contributed by atoms with van der Waals surface area (Å²) in [6, 6.07) is 7.28. The number of carbonyl (C=O) groups is 1. The van der Waals surface area contributed by atoms with Gasteiger partial charge >= 0.3 is 0 Å². The van der Waals surface area contributed by atoms with Crippen molar-refractivity contribution in [2.75, 3.05) is 14.2 Å². The molecule has 1 aromatic rings. The molecule has 5 heteroatoms. The van der Waals surface area contributed by atoms with Crippen LogP contribution in [0.3, 0.4) is 0 Å². The molecule has 0 aliphatic carbocycles. The minimum Gasteiger partial charge on any atom is -0.482 e. The van der Waals surface area contributed by atoms with E-state index in [1.165, 1.54) is 7.11 Å². The predicted molar refractivity (Wildman–Crippen MR) is 60.7 cm³/mol. The second-order valence-corrected chi connectivity index (χ2v) is 3.83. The van der Waals surface area contributed by atoms with Crippen LogP contribution in [0.5, 0.6) is 11.5 Å². The van der Waals surface area contributed by atoms with Gasteiger partial charge in [0.25, 0.3) is 5.91 Å². The number of hydrogen-bond donors (Lipinski definition) is 0. The normalized spacial score (nSPS) is 22.1. The van der Waals surface area contributed by atoms with E-state index in [9.17, 15) is 4.79 Å². The highest BCUT2D eigenvalue weighted by Gasteiger charge is 2.36. The molecule has 1 aliphatic heterocycles. The number of fused-ring (bicyclic) bond motifs is 1. The Kier molecular flexibility index (Phi) is 3.19. The topological polar surface area (TPSA) is 48.0 Å². The van der Waals surface area contributed by atoms with Crippen molar-refractivity contribution >= 4 is 5.91 Å². The molecule has 1 aliphatic rings. The lowest BCUT2D eigenvalue weighted by Crippen LogP contribution is -2.49. The number of hydroxylamine groups is 2. The van der Waals surface area contributed by atoms with Crippen molar-refractivity contribution in [1.29, 1.82) is 0 Å². The van der Waals surface area contributed by atoms with Gasteiger partial charge in [-0.25, -0.2) is 5.06 Å². The van der Waals surface area contributed by atoms with Gasteiger partial charge in [0.2, 0.25) is 6.10 Å². The van der Waals surface area contributed by atoms with Gasteiger partial charge < -0.3 is 9.47 Å². The van der Waals surface area contributed by atoms with Gasteiger partial charge in [-0.05, 0) is 19.1 Å². The molecule has 92 valence electrons. The third kappa shape index (κ3) is 2.19. The molecule has 1 amide bonds. The number of ether oxygens (including phenoxy) is 2. The van der Waals surface area contributed by atoms with E-state index in [-0.39, 0.29) is 12.0 Å². The molecule has 0 saturated carbocycles. The largest absolute Gasteiger partial charge is 0.482 e. The van der Waals surface area contributed by atoms with Crippen molar-refractivity contribution in [2.24, 2.45) is 0 Å². The van der Waals surface area contributed by atoms with Gasteiger partial charge in [0.05, 0.1) is 7.11 Å². The summed E-state index contributed by atoms with van der Waals surface area (Å²) in [4.78, 5) is 16.8. The Morgan fingerprint density at radius 1 is 1.29 bits per heavy atom. The molecule has 0 radical (unpaired) electrons. The Morgan fingerprint density at radius 2 is 1.88 bits per heavy atom. The maximum absolute atomic E-state index is 11.9. The van der Waals surface area contributed by atoms with E-state index in [1.807, 2.05) is 18.2 Å². The summed E-state index contributed by atoms with van der Waals surface area (Å²) in [6.45, 7) is 1.79. The third-order valence-electron chi connectivity index (χ3n) is 2.67. The van der Waals surface area contributed by atoms with Gasteiger partial charge in [-0.3, -0.25) is 9.63 Å². The van der Waals surface area contributed by atoms with E-state index >= 15 is 0 Å². The molecule has 2 atom stereocenters. The van der Waals surface area contributed by atoms with Gasteiger partial charge in [0.1, 0.15) is 6.10 Å². The zero-order valence-corrected chi connectivity index (χ0v) is 10.0. The van der Waals surface area contributed by atoms with Crippen LogP contribution in [0, 0.1) is 0 Å². The highest BCUT2D eigenvalue weighted by molar-refractivity contribution is 5.81. The first kappa shape index (κ1) is 11.7. The van der Waals surface area contributed by atoms with Crippen molar-refractivity contribution in [3.63, 3.8) is 0 Å². The highest BCUT2D eigenvalue weighted by Crippen LogP contribution is 2.33. The van der Waals surface area contributed by atoms with E-state index in [0.717, 1.165) is 5.06 Å². The summed E-state index contributed by atoms with van der Waals surface area (Å²) >= 11 is 0. The molecule has 0 unspecified atom stereocenters. The van der Waals surface area contributed by atoms with Gasteiger partial charge in [-0.1, -0.05) is 12.1 Å². The van der Waals surface area contributed by atoms with Crippen molar-refractivity contribution in [3.8, 4) is 11.5 Å². The number of carbonyl (C=O) groups excluding carboxylic acids is 1. The lowest BCUT2D eigenvalue weighted by Gasteiger charge is -2.32. The minimum atomic E-state index is -0.685. The van der Waals surface area contributed by atoms with Crippen LogP contribution in [-0.4, -0.2) is 37.3 Å². The maximum atomic E-state index is 11.9. The zero-order valence-electron chi connectivity index (χ0n) is 10.0. The SMILES string of the molecule is CON(C)C(=O)[C@H]1Oc2ccccc2O[C@H]1C. The maximum Gasteiger partial charge on any atom is 0.290 e. The van der Waals surface area contributed by atoms with E-state index in [2.05, 4.69) is 0 Å². The smallest absolute Gasteiger partial charge is 0.290 e. The fraction of sp³-hybridized carbons (Fsp3) is 0.417. The summed E-state index contributed by atoms with van der Waals surface area (Å²) < 4.78 is 11.3. The third-order valence-corrected chi connectivity index (χ3v) is 2.67. The summed E-state index contributed by atoms with van der Waals surface area (Å²) in [5, 5.41) is 1.14. The van der Waals surface area contributed by atoms with Crippen molar-refractivity contribution < 1.29 is 19.1 Å². The molecule has 0 bridgehead atoms. The fourth-order valence-corrected chi connectivity index (χ4v) is 1.66. The first-order chi connectivity index (χ1) is 8.13. The Balaban J connectivity index is 2.20. The fourth-order valence-electron chi connectivity index (χ4n) is 1.66. The summed E-state index contributed by atoms with van der Waals surface area (Å²) in [5.41, 5.74) is 0. The number of hydrogen-bond acceptors (Lipinski definition) is 4. The number of para-hydroxylation sites is 2. The standard InChI is InChI=1S/C12H15NO4/c1-8-11(12(14)13(2)15-3)17-10-7-5-4-6-9(10)16-8/h4-8,11H,1-3H3/t8-,11-/m0/s1. The van der Waals surface area contributed by atoms with Crippen LogP contribution >= 0.6 is 0 Å². The van der Waals surface area contributed by atoms with Crippen molar-refractivity contribution in [1.82, 2.24) is 5.06 Å². The molecule has 0 spiro atoms. The molecule has 1 heterocycles. The molecule has 2 rings (SSSR count). The second-order valence-electron chi connectivity index (χ2n) is 3.83. The number of amides is 1. The number of likely N-dealkylation sites (N-methyl/N-ethyl adjacent to an activating group) is 1. The minimum absolute atomic E-state index is 0.269. The zero-order chi connectivity index (χ0) is 12.4. The molecule has 0 aromatic heterocycles. The van der Waals surface area contributed by atoms with E-state index in [4.69, 9.17) is 14.3 Å². The molecule has 0 fully saturated rings. The Labute approximate surface area is 99.8 Å². The second kappa shape index (κ2) is 4.63. The Morgan fingerprint density at radius 3 is 2.47 bits per heavy atom. The van der Waals surface area contributed by atoms with Crippen LogP contribution < -0.4 is 9.47 Å². The van der Waals surface area contributed by atoms with Crippen LogP contribution in [0.1, 0.15) is 6.92 Å². The molecule has 1 aromatic carbocycles. The lowest BCUT2D eigenvalue weighted by molar-refractivity contribution is -0.181. The van der Waals surface area contributed by atoms with Gasteiger partial charge in [-0.15, -0.1) is 0 Å². The number of benzene rings is 1. The quantitative estimate of drug-likeness (QED) is 0.726. The molecule has 17 heavy (non-hydrogen) atoms. The number of rotatable bonds is 2. The predicted octanol–water partition coefficient (Wildman–Crippen LogP) is 1.23. The molecule has 5 nitrogen and oxygen atoms in total. The van der Waals surface area contributed by atoms with Crippen LogP contribution in [0.25, 0.3) is 0 Å². The monoisotopic (exact) mass is 237 g/mol. The van der Waals surface area contributed by atoms with E-state index in [0.29, 0.717) is 11.5 Å². The van der Waals surface area contributed by atoms with Crippen LogP contribution in [0.15, 0.2) is 24.3 Å². The summed E-state index contributed by atoms with van der Waals surface area (Å²) in [5.74, 6) is 0.965. The van der Waals surface area contributed by atoms with E-state index < -0.39 is 6.10 Å². The molecule has 0 saturated heterocycles. The van der Waals surface area contributed by atoms with Gasteiger partial charge in [0.15, 0.2) is 11.5 Å². The lowest BCUT2D eigenvalue weighted by atomic mass is 10.1. The molecular formula is C12H15NO4. The average molecular weight is 237 g/mol. The van der Waals surface area contributed by atoms with Gasteiger partial charge in [0, 0.05) is 7.05 Å². The van der Waals surface area contributed by atoms with Gasteiger partial charge in [-0.2, -0.15) is 0 Å². The van der Waals surface area contributed by atoms with E-state index in [1.54, 1.807) is 20.0 Å².